The van der Waals surface area contributed by atoms with Crippen molar-refractivity contribution in [3.8, 4) is 0 Å². The summed E-state index contributed by atoms with van der Waals surface area (Å²) in [6.45, 7) is 8.35. The highest BCUT2D eigenvalue weighted by Gasteiger charge is 2.18. The van der Waals surface area contributed by atoms with E-state index in [1.165, 1.54) is 0 Å². The third-order valence-corrected chi connectivity index (χ3v) is 2.97. The van der Waals surface area contributed by atoms with Crippen LogP contribution in [0.3, 0.4) is 0 Å². The molecule has 0 radical (unpaired) electrons. The minimum atomic E-state index is -0.388. The van der Waals surface area contributed by atoms with Gasteiger partial charge in [0.2, 0.25) is 5.91 Å². The molecule has 4 nitrogen and oxygen atoms in total. The average molecular weight is 281 g/mol. The molecule has 0 heterocycles. The van der Waals surface area contributed by atoms with Crippen LogP contribution in [0.2, 0.25) is 0 Å². The molecule has 18 heavy (non-hydrogen) atoms. The van der Waals surface area contributed by atoms with Crippen molar-refractivity contribution < 1.29 is 9.53 Å². The van der Waals surface area contributed by atoms with Crippen LogP contribution in [0.25, 0.3) is 0 Å². The molecule has 5 heteroatoms. The lowest BCUT2D eigenvalue weighted by Crippen LogP contribution is -2.44. The Balaban J connectivity index is 0. The number of nitrogens with one attached hydrogen (secondary N) is 1. The van der Waals surface area contributed by atoms with Crippen molar-refractivity contribution >= 4 is 18.3 Å². The molecule has 0 saturated carbocycles. The lowest BCUT2D eigenvalue weighted by atomic mass is 9.99. The Morgan fingerprint density at radius 1 is 1.28 bits per heavy atom. The lowest BCUT2D eigenvalue weighted by Gasteiger charge is -2.17. The van der Waals surface area contributed by atoms with Crippen LogP contribution in [0.15, 0.2) is 0 Å². The number of ether oxygens (including phenoxy) is 1. The van der Waals surface area contributed by atoms with E-state index in [1.807, 2.05) is 13.8 Å². The van der Waals surface area contributed by atoms with E-state index in [0.717, 1.165) is 32.3 Å². The standard InChI is InChI=1S/C13H28N2O2.ClH/c1-4-6-9-17-10-7-8-15-13(16)12(14)11(3)5-2;/h11-12H,4-10,14H2,1-3H3,(H,15,16);1H. The largest absolute Gasteiger partial charge is 0.381 e. The summed E-state index contributed by atoms with van der Waals surface area (Å²) in [6, 6.07) is -0.388. The van der Waals surface area contributed by atoms with Gasteiger partial charge < -0.3 is 15.8 Å². The van der Waals surface area contributed by atoms with Crippen molar-refractivity contribution in [2.24, 2.45) is 11.7 Å². The van der Waals surface area contributed by atoms with E-state index >= 15 is 0 Å². The van der Waals surface area contributed by atoms with Gasteiger partial charge in [0.1, 0.15) is 0 Å². The SMILES string of the molecule is CCCCOCCCNC(=O)C(N)C(C)CC.Cl. The third-order valence-electron chi connectivity index (χ3n) is 2.97. The van der Waals surface area contributed by atoms with E-state index in [-0.39, 0.29) is 30.3 Å². The van der Waals surface area contributed by atoms with Crippen molar-refractivity contribution in [1.82, 2.24) is 5.32 Å². The number of hydrogen-bond donors (Lipinski definition) is 2. The zero-order valence-corrected chi connectivity index (χ0v) is 12.7. The van der Waals surface area contributed by atoms with Crippen LogP contribution in [0.1, 0.15) is 46.5 Å². The van der Waals surface area contributed by atoms with Crippen LogP contribution in [0.4, 0.5) is 0 Å². The fourth-order valence-corrected chi connectivity index (χ4v) is 1.36. The molecule has 0 aromatic heterocycles. The highest BCUT2D eigenvalue weighted by molar-refractivity contribution is 5.85. The highest BCUT2D eigenvalue weighted by atomic mass is 35.5. The van der Waals surface area contributed by atoms with Crippen molar-refractivity contribution in [1.29, 1.82) is 0 Å². The molecule has 0 aliphatic rings. The van der Waals surface area contributed by atoms with Crippen molar-refractivity contribution in [3.05, 3.63) is 0 Å². The normalized spacial score (nSPS) is 13.6. The van der Waals surface area contributed by atoms with E-state index in [0.29, 0.717) is 13.2 Å². The molecule has 0 bridgehead atoms. The van der Waals surface area contributed by atoms with Gasteiger partial charge in [0, 0.05) is 19.8 Å². The number of halogens is 1. The molecule has 0 rings (SSSR count). The Morgan fingerprint density at radius 2 is 1.89 bits per heavy atom. The highest BCUT2D eigenvalue weighted by Crippen LogP contribution is 2.04. The maximum Gasteiger partial charge on any atom is 0.237 e. The van der Waals surface area contributed by atoms with Gasteiger partial charge in [-0.15, -0.1) is 12.4 Å². The second kappa shape index (κ2) is 13.1. The molecule has 1 amide bonds. The van der Waals surface area contributed by atoms with Gasteiger partial charge in [-0.2, -0.15) is 0 Å². The fourth-order valence-electron chi connectivity index (χ4n) is 1.36. The maximum absolute atomic E-state index is 11.6. The zero-order chi connectivity index (χ0) is 13.1. The summed E-state index contributed by atoms with van der Waals surface area (Å²) in [5, 5.41) is 2.84. The van der Waals surface area contributed by atoms with Crippen LogP contribution in [0.5, 0.6) is 0 Å². The molecule has 2 atom stereocenters. The second-order valence-electron chi connectivity index (χ2n) is 4.52. The van der Waals surface area contributed by atoms with E-state index in [4.69, 9.17) is 10.5 Å². The number of carbonyl (C=O) groups excluding carboxylic acids is 1. The number of carbonyl (C=O) groups is 1. The monoisotopic (exact) mass is 280 g/mol. The fraction of sp³-hybridized carbons (Fsp3) is 0.923. The molecule has 2 unspecified atom stereocenters. The first-order chi connectivity index (χ1) is 8.13. The smallest absolute Gasteiger partial charge is 0.237 e. The number of nitrogens with two attached hydrogens (primary N) is 1. The van der Waals surface area contributed by atoms with E-state index in [1.54, 1.807) is 0 Å². The first-order valence-electron chi connectivity index (χ1n) is 6.74. The van der Waals surface area contributed by atoms with Crippen LogP contribution in [0, 0.1) is 5.92 Å². The van der Waals surface area contributed by atoms with Gasteiger partial charge in [-0.3, -0.25) is 4.79 Å². The summed E-state index contributed by atoms with van der Waals surface area (Å²) >= 11 is 0. The van der Waals surface area contributed by atoms with Crippen LogP contribution in [-0.2, 0) is 9.53 Å². The number of amides is 1. The minimum Gasteiger partial charge on any atom is -0.381 e. The molecule has 0 aliphatic heterocycles. The predicted molar refractivity (Wildman–Crippen MR) is 78.0 cm³/mol. The van der Waals surface area contributed by atoms with Crippen LogP contribution in [-0.4, -0.2) is 31.7 Å². The van der Waals surface area contributed by atoms with Gasteiger partial charge in [0.25, 0.3) is 0 Å². The molecule has 0 spiro atoms. The Morgan fingerprint density at radius 3 is 2.44 bits per heavy atom. The summed E-state index contributed by atoms with van der Waals surface area (Å²) < 4.78 is 5.40. The summed E-state index contributed by atoms with van der Waals surface area (Å²) in [4.78, 5) is 11.6. The number of unbranched alkanes of at least 4 members (excludes halogenated alkanes) is 1. The zero-order valence-electron chi connectivity index (χ0n) is 11.9. The molecule has 110 valence electrons. The quantitative estimate of drug-likeness (QED) is 0.603. The molecule has 0 fully saturated rings. The van der Waals surface area contributed by atoms with Crippen molar-refractivity contribution in [2.75, 3.05) is 19.8 Å². The van der Waals surface area contributed by atoms with E-state index in [2.05, 4.69) is 12.2 Å². The van der Waals surface area contributed by atoms with Gasteiger partial charge in [-0.25, -0.2) is 0 Å². The molecular weight excluding hydrogens is 252 g/mol. The summed E-state index contributed by atoms with van der Waals surface area (Å²) in [5.41, 5.74) is 5.81. The van der Waals surface area contributed by atoms with E-state index in [9.17, 15) is 4.79 Å². The minimum absolute atomic E-state index is 0. The van der Waals surface area contributed by atoms with Gasteiger partial charge >= 0.3 is 0 Å². The van der Waals surface area contributed by atoms with Gasteiger partial charge in [-0.05, 0) is 18.8 Å². The third kappa shape index (κ3) is 9.68. The van der Waals surface area contributed by atoms with Gasteiger partial charge in [0.05, 0.1) is 6.04 Å². The number of hydrogen-bond acceptors (Lipinski definition) is 3. The molecule has 3 N–H and O–H groups in total. The summed E-state index contributed by atoms with van der Waals surface area (Å²) in [5.74, 6) is 0.184. The molecule has 0 aliphatic carbocycles. The van der Waals surface area contributed by atoms with Gasteiger partial charge in [-0.1, -0.05) is 33.6 Å². The lowest BCUT2D eigenvalue weighted by molar-refractivity contribution is -0.123. The average Bonchev–Trinajstić information content (AvgIpc) is 2.35. The molecule has 0 saturated heterocycles. The Kier molecular flexibility index (Phi) is 14.6. The molecular formula is C13H29ClN2O2. The first kappa shape index (κ1) is 20.0. The van der Waals surface area contributed by atoms with E-state index < -0.39 is 0 Å². The van der Waals surface area contributed by atoms with Crippen LogP contribution < -0.4 is 11.1 Å². The Labute approximate surface area is 117 Å². The van der Waals surface area contributed by atoms with Crippen LogP contribution >= 0.6 is 12.4 Å². The van der Waals surface area contributed by atoms with Gasteiger partial charge in [0.15, 0.2) is 0 Å². The second-order valence-corrected chi connectivity index (χ2v) is 4.52. The maximum atomic E-state index is 11.6. The summed E-state index contributed by atoms with van der Waals surface area (Å²) in [6.07, 6.45) is 4.03. The Bertz CT molecular complexity index is 203. The first-order valence-corrected chi connectivity index (χ1v) is 6.74. The predicted octanol–water partition coefficient (Wildman–Crippen LogP) is 2.10. The number of rotatable bonds is 10. The topological polar surface area (TPSA) is 64.3 Å². The van der Waals surface area contributed by atoms with Crippen molar-refractivity contribution in [3.63, 3.8) is 0 Å². The summed E-state index contributed by atoms with van der Waals surface area (Å²) in [7, 11) is 0. The molecule has 0 aromatic carbocycles. The Hall–Kier alpha value is -0.320. The van der Waals surface area contributed by atoms with Crippen molar-refractivity contribution in [2.45, 2.75) is 52.5 Å². The molecule has 0 aromatic rings.